The van der Waals surface area contributed by atoms with E-state index in [1.165, 1.54) is 0 Å². The van der Waals surface area contributed by atoms with Gasteiger partial charge in [0.1, 0.15) is 0 Å². The number of amides is 1. The molecule has 0 radical (unpaired) electrons. The van der Waals surface area contributed by atoms with Crippen molar-refractivity contribution in [3.63, 3.8) is 0 Å². The van der Waals surface area contributed by atoms with E-state index < -0.39 is 5.56 Å². The summed E-state index contributed by atoms with van der Waals surface area (Å²) in [6, 6.07) is 6.30. The quantitative estimate of drug-likeness (QED) is 0.594. The number of H-pyrrole nitrogens is 1. The highest BCUT2D eigenvalue weighted by atomic mass is 32.2. The van der Waals surface area contributed by atoms with E-state index in [2.05, 4.69) is 9.97 Å². The Morgan fingerprint density at radius 1 is 1.31 bits per heavy atom. The molecule has 4 rings (SSSR count). The Morgan fingerprint density at radius 2 is 2.15 bits per heavy atom. The van der Waals surface area contributed by atoms with E-state index in [0.717, 1.165) is 29.9 Å². The Hall–Kier alpha value is -2.55. The van der Waals surface area contributed by atoms with Gasteiger partial charge >= 0.3 is 0 Å². The molecule has 4 heterocycles. The van der Waals surface area contributed by atoms with Crippen LogP contribution >= 0.6 is 11.8 Å². The van der Waals surface area contributed by atoms with E-state index in [1.54, 1.807) is 12.1 Å². The summed E-state index contributed by atoms with van der Waals surface area (Å²) in [5.74, 6) is 0.173. The highest BCUT2D eigenvalue weighted by molar-refractivity contribution is 7.99. The molecule has 1 fully saturated rings. The lowest BCUT2D eigenvalue weighted by Crippen LogP contribution is -2.49. The molecule has 1 saturated heterocycles. The van der Waals surface area contributed by atoms with E-state index >= 15 is 0 Å². The van der Waals surface area contributed by atoms with Gasteiger partial charge in [-0.2, -0.15) is 4.98 Å². The van der Waals surface area contributed by atoms with Crippen LogP contribution in [0, 0.1) is 5.92 Å². The Kier molecular flexibility index (Phi) is 4.31. The molecule has 2 bridgehead atoms. The fourth-order valence-electron chi connectivity index (χ4n) is 3.81. The van der Waals surface area contributed by atoms with Gasteiger partial charge in [0, 0.05) is 37.3 Å². The van der Waals surface area contributed by atoms with Crippen molar-refractivity contribution in [3.05, 3.63) is 50.7 Å². The van der Waals surface area contributed by atoms with Crippen LogP contribution in [-0.2, 0) is 11.3 Å². The number of aromatic nitrogens is 3. The van der Waals surface area contributed by atoms with Crippen molar-refractivity contribution in [2.45, 2.75) is 24.0 Å². The highest BCUT2D eigenvalue weighted by Crippen LogP contribution is 2.35. The van der Waals surface area contributed by atoms with E-state index in [-0.39, 0.29) is 40.1 Å². The number of hydrogen-bond donors (Lipinski definition) is 2. The number of hydrogen-bond acceptors (Lipinski definition) is 6. The van der Waals surface area contributed by atoms with Gasteiger partial charge in [-0.3, -0.25) is 14.4 Å². The lowest BCUT2D eigenvalue weighted by atomic mass is 9.83. The average Bonchev–Trinajstić information content (AvgIpc) is 2.60. The van der Waals surface area contributed by atoms with Gasteiger partial charge in [-0.15, -0.1) is 0 Å². The van der Waals surface area contributed by atoms with E-state index in [9.17, 15) is 19.5 Å². The van der Waals surface area contributed by atoms with Crippen molar-refractivity contribution in [2.75, 3.05) is 18.8 Å². The first-order chi connectivity index (χ1) is 12.5. The molecule has 2 aromatic rings. The SMILES string of the molecule is O=C(CSc1nc(O)cc(=O)[nH]1)N1C[C@H]2C[C@@H](C1)c1cccc(=O)n1C2. The number of piperidine rings is 1. The van der Waals surface area contributed by atoms with Crippen LogP contribution in [0.3, 0.4) is 0 Å². The van der Waals surface area contributed by atoms with Crippen LogP contribution in [0.1, 0.15) is 18.0 Å². The van der Waals surface area contributed by atoms with Crippen molar-refractivity contribution in [3.8, 4) is 5.88 Å². The van der Waals surface area contributed by atoms with Gasteiger partial charge in [0.05, 0.1) is 11.8 Å². The normalized spacial score (nSPS) is 21.3. The lowest BCUT2D eigenvalue weighted by molar-refractivity contribution is -0.131. The largest absolute Gasteiger partial charge is 0.493 e. The fraction of sp³-hybridized carbons (Fsp3) is 0.412. The van der Waals surface area contributed by atoms with E-state index in [4.69, 9.17) is 0 Å². The number of rotatable bonds is 3. The summed E-state index contributed by atoms with van der Waals surface area (Å²) in [5, 5.41) is 9.58. The molecule has 2 aliphatic rings. The third-order valence-electron chi connectivity index (χ3n) is 4.87. The Labute approximate surface area is 152 Å². The Bertz CT molecular complexity index is 970. The molecule has 1 amide bonds. The molecule has 26 heavy (non-hydrogen) atoms. The maximum atomic E-state index is 12.6. The molecular formula is C17H18N4O4S. The number of carbonyl (C=O) groups is 1. The van der Waals surface area contributed by atoms with Gasteiger partial charge in [0.15, 0.2) is 5.16 Å². The number of aromatic hydroxyl groups is 1. The summed E-state index contributed by atoms with van der Waals surface area (Å²) in [6.07, 6.45) is 0.988. The zero-order chi connectivity index (χ0) is 18.3. The van der Waals surface area contributed by atoms with Crippen LogP contribution in [-0.4, -0.2) is 49.3 Å². The van der Waals surface area contributed by atoms with Gasteiger partial charge in [0.2, 0.25) is 11.8 Å². The Balaban J connectivity index is 1.45. The van der Waals surface area contributed by atoms with Crippen molar-refractivity contribution < 1.29 is 9.90 Å². The highest BCUT2D eigenvalue weighted by Gasteiger charge is 2.36. The van der Waals surface area contributed by atoms with Crippen molar-refractivity contribution >= 4 is 17.7 Å². The number of fused-ring (bicyclic) bond motifs is 4. The van der Waals surface area contributed by atoms with Gasteiger partial charge < -0.3 is 19.6 Å². The van der Waals surface area contributed by atoms with Crippen molar-refractivity contribution in [1.29, 1.82) is 0 Å². The second-order valence-corrected chi connectivity index (χ2v) is 7.66. The third-order valence-corrected chi connectivity index (χ3v) is 5.73. The topological polar surface area (TPSA) is 108 Å². The van der Waals surface area contributed by atoms with E-state index in [1.807, 2.05) is 15.5 Å². The van der Waals surface area contributed by atoms with E-state index in [0.29, 0.717) is 19.6 Å². The zero-order valence-corrected chi connectivity index (χ0v) is 14.7. The zero-order valence-electron chi connectivity index (χ0n) is 13.9. The summed E-state index contributed by atoms with van der Waals surface area (Å²) < 4.78 is 1.83. The molecule has 0 spiro atoms. The second kappa shape index (κ2) is 6.64. The number of nitrogens with one attached hydrogen (secondary N) is 1. The Morgan fingerprint density at radius 3 is 2.96 bits per heavy atom. The number of nitrogens with zero attached hydrogens (tertiary/aromatic N) is 3. The summed E-state index contributed by atoms with van der Waals surface area (Å²) in [5.41, 5.74) is 0.561. The lowest BCUT2D eigenvalue weighted by Gasteiger charge is -2.42. The van der Waals surface area contributed by atoms with Crippen LogP contribution in [0.25, 0.3) is 0 Å². The molecule has 0 unspecified atom stereocenters. The predicted octanol–water partition coefficient (Wildman–Crippen LogP) is 0.375. The summed E-state index contributed by atoms with van der Waals surface area (Å²) in [6.45, 7) is 1.86. The second-order valence-electron chi connectivity index (χ2n) is 6.69. The molecule has 8 nitrogen and oxygen atoms in total. The molecule has 2 aliphatic heterocycles. The molecule has 0 aliphatic carbocycles. The first kappa shape index (κ1) is 16.9. The summed E-state index contributed by atoms with van der Waals surface area (Å²) in [7, 11) is 0. The molecule has 2 N–H and O–H groups in total. The molecule has 9 heteroatoms. The number of likely N-dealkylation sites (tertiary alicyclic amines) is 1. The van der Waals surface area contributed by atoms with Crippen molar-refractivity contribution in [1.82, 2.24) is 19.4 Å². The molecule has 136 valence electrons. The van der Waals surface area contributed by atoms with Gasteiger partial charge in [0.25, 0.3) is 11.1 Å². The van der Waals surface area contributed by atoms with Gasteiger partial charge in [-0.05, 0) is 18.4 Å². The standard InChI is InChI=1S/C17H18N4O4S/c22-13-5-14(23)19-17(18-13)26-9-16(25)20-6-10-4-11(8-20)12-2-1-3-15(24)21(12)7-10/h1-3,5,10-11H,4,6-9H2,(H2,18,19,22,23)/t10-,11+/m1/s1. The smallest absolute Gasteiger partial charge is 0.255 e. The first-order valence-electron chi connectivity index (χ1n) is 8.40. The number of carbonyl (C=O) groups excluding carboxylic acids is 1. The molecule has 0 saturated carbocycles. The maximum absolute atomic E-state index is 12.6. The molecule has 0 aromatic carbocycles. The van der Waals surface area contributed by atoms with Crippen LogP contribution < -0.4 is 11.1 Å². The number of thioether (sulfide) groups is 1. The minimum Gasteiger partial charge on any atom is -0.493 e. The van der Waals surface area contributed by atoms with Crippen LogP contribution in [0.5, 0.6) is 5.88 Å². The molecule has 2 aromatic heterocycles. The number of aromatic amines is 1. The molecular weight excluding hydrogens is 356 g/mol. The minimum absolute atomic E-state index is 0.0199. The van der Waals surface area contributed by atoms with Gasteiger partial charge in [-0.25, -0.2) is 0 Å². The molecule has 2 atom stereocenters. The number of pyridine rings is 1. The van der Waals surface area contributed by atoms with Crippen LogP contribution in [0.15, 0.2) is 39.0 Å². The van der Waals surface area contributed by atoms with Crippen LogP contribution in [0.2, 0.25) is 0 Å². The van der Waals surface area contributed by atoms with Crippen molar-refractivity contribution in [2.24, 2.45) is 5.92 Å². The first-order valence-corrected chi connectivity index (χ1v) is 9.39. The predicted molar refractivity (Wildman–Crippen MR) is 95.4 cm³/mol. The summed E-state index contributed by atoms with van der Waals surface area (Å²) in [4.78, 5) is 44.1. The van der Waals surface area contributed by atoms with Crippen LogP contribution in [0.4, 0.5) is 0 Å². The minimum atomic E-state index is -0.456. The monoisotopic (exact) mass is 374 g/mol. The maximum Gasteiger partial charge on any atom is 0.255 e. The third kappa shape index (κ3) is 3.26. The fourth-order valence-corrected chi connectivity index (χ4v) is 4.59. The van der Waals surface area contributed by atoms with Gasteiger partial charge in [-0.1, -0.05) is 17.8 Å². The average molecular weight is 374 g/mol. The summed E-state index contributed by atoms with van der Waals surface area (Å²) >= 11 is 1.09.